The Morgan fingerprint density at radius 3 is 2.85 bits per heavy atom. The van der Waals surface area contributed by atoms with Gasteiger partial charge < -0.3 is 5.32 Å². The molecule has 3 atom stereocenters. The molecule has 2 saturated heterocycles. The summed E-state index contributed by atoms with van der Waals surface area (Å²) in [6, 6.07) is 4.83. The minimum absolute atomic E-state index is 0.446. The summed E-state index contributed by atoms with van der Waals surface area (Å²) in [6.07, 6.45) is 8.42. The van der Waals surface area contributed by atoms with Gasteiger partial charge in [-0.25, -0.2) is 4.98 Å². The first-order valence-corrected chi connectivity index (χ1v) is 7.00. The third-order valence-electron chi connectivity index (χ3n) is 4.48. The third kappa shape index (κ3) is 1.89. The van der Waals surface area contributed by atoms with E-state index in [4.69, 9.17) is 0 Å². The Kier molecular flexibility index (Phi) is 2.73. The number of rotatable bonds is 2. The van der Waals surface area contributed by atoms with Crippen molar-refractivity contribution in [1.82, 2.24) is 20.5 Å². The second-order valence-electron chi connectivity index (χ2n) is 5.63. The lowest BCUT2D eigenvalue weighted by atomic mass is 9.84. The Morgan fingerprint density at radius 2 is 2.15 bits per heavy atom. The van der Waals surface area contributed by atoms with Crippen LogP contribution < -0.4 is 5.32 Å². The summed E-state index contributed by atoms with van der Waals surface area (Å²) in [7, 11) is 0. The molecule has 4 rings (SSSR count). The van der Waals surface area contributed by atoms with Crippen LogP contribution in [0.25, 0.3) is 11.1 Å². The molecule has 4 nitrogen and oxygen atoms in total. The van der Waals surface area contributed by atoms with Gasteiger partial charge >= 0.3 is 0 Å². The van der Waals surface area contributed by atoms with Gasteiger partial charge in [0.05, 0.1) is 12.4 Å². The number of hydrogen-bond donors (Lipinski definition) is 1. The van der Waals surface area contributed by atoms with Crippen LogP contribution in [0.5, 0.6) is 0 Å². The Morgan fingerprint density at radius 1 is 1.20 bits per heavy atom. The molecule has 2 aliphatic heterocycles. The van der Waals surface area contributed by atoms with Crippen molar-refractivity contribution in [2.45, 2.75) is 37.3 Å². The Hall–Kier alpha value is -1.88. The standard InChI is InChI=1S/C15H15FN4/c16-15-13(9-3-4-18-19-8-9)5-10(7-17-15)12-6-11-1-2-14(12)20-11/h3-5,7-8,11-12,14,20H,1-2,6H2. The molecule has 2 aromatic rings. The van der Waals surface area contributed by atoms with E-state index < -0.39 is 5.95 Å². The number of fused-ring (bicyclic) bond motifs is 2. The smallest absolute Gasteiger partial charge is 0.220 e. The van der Waals surface area contributed by atoms with E-state index in [0.29, 0.717) is 23.6 Å². The predicted molar refractivity (Wildman–Crippen MR) is 72.5 cm³/mol. The van der Waals surface area contributed by atoms with Gasteiger partial charge in [-0.05, 0) is 37.0 Å². The lowest BCUT2D eigenvalue weighted by Gasteiger charge is -2.20. The highest BCUT2D eigenvalue weighted by atomic mass is 19.1. The van der Waals surface area contributed by atoms with E-state index in [2.05, 4.69) is 20.5 Å². The maximum atomic E-state index is 14.0. The van der Waals surface area contributed by atoms with Crippen molar-refractivity contribution >= 4 is 0 Å². The van der Waals surface area contributed by atoms with Gasteiger partial charge in [-0.2, -0.15) is 14.6 Å². The average Bonchev–Trinajstić information content (AvgIpc) is 3.11. The molecule has 2 aliphatic rings. The molecular weight excluding hydrogens is 255 g/mol. The lowest BCUT2D eigenvalue weighted by Crippen LogP contribution is -2.21. The largest absolute Gasteiger partial charge is 0.311 e. The van der Waals surface area contributed by atoms with Crippen molar-refractivity contribution in [3.63, 3.8) is 0 Å². The lowest BCUT2D eigenvalue weighted by molar-refractivity contribution is 0.502. The highest BCUT2D eigenvalue weighted by molar-refractivity contribution is 5.62. The molecular formula is C15H15FN4. The van der Waals surface area contributed by atoms with E-state index >= 15 is 0 Å². The zero-order valence-electron chi connectivity index (χ0n) is 11.0. The van der Waals surface area contributed by atoms with E-state index in [0.717, 1.165) is 17.5 Å². The molecule has 2 fully saturated rings. The second-order valence-corrected chi connectivity index (χ2v) is 5.63. The van der Waals surface area contributed by atoms with Crippen LogP contribution in [-0.2, 0) is 0 Å². The second kappa shape index (κ2) is 4.59. The average molecular weight is 270 g/mol. The zero-order valence-corrected chi connectivity index (χ0v) is 11.0. The molecule has 102 valence electrons. The fraction of sp³-hybridized carbons (Fsp3) is 0.400. The maximum absolute atomic E-state index is 14.0. The van der Waals surface area contributed by atoms with Crippen LogP contribution in [0, 0.1) is 5.95 Å². The summed E-state index contributed by atoms with van der Waals surface area (Å²) in [5.74, 6) is 0.00765. The first kappa shape index (κ1) is 11.9. The summed E-state index contributed by atoms with van der Waals surface area (Å²) in [6.45, 7) is 0. The van der Waals surface area contributed by atoms with E-state index in [1.165, 1.54) is 12.8 Å². The summed E-state index contributed by atoms with van der Waals surface area (Å²) in [5.41, 5.74) is 2.36. The van der Waals surface area contributed by atoms with Crippen LogP contribution in [0.15, 0.2) is 30.7 Å². The molecule has 20 heavy (non-hydrogen) atoms. The fourth-order valence-corrected chi connectivity index (χ4v) is 3.51. The molecule has 5 heteroatoms. The van der Waals surface area contributed by atoms with Crippen LogP contribution in [0.1, 0.15) is 30.7 Å². The molecule has 1 N–H and O–H groups in total. The van der Waals surface area contributed by atoms with Crippen LogP contribution >= 0.6 is 0 Å². The first-order chi connectivity index (χ1) is 9.81. The summed E-state index contributed by atoms with van der Waals surface area (Å²) >= 11 is 0. The van der Waals surface area contributed by atoms with Crippen molar-refractivity contribution in [2.24, 2.45) is 0 Å². The van der Waals surface area contributed by atoms with Gasteiger partial charge in [0.1, 0.15) is 0 Å². The molecule has 2 bridgehead atoms. The summed E-state index contributed by atoms with van der Waals surface area (Å²) in [4.78, 5) is 3.94. The van der Waals surface area contributed by atoms with Crippen LogP contribution in [0.2, 0.25) is 0 Å². The zero-order chi connectivity index (χ0) is 13.5. The highest BCUT2D eigenvalue weighted by Gasteiger charge is 2.39. The first-order valence-electron chi connectivity index (χ1n) is 7.00. The molecule has 2 aromatic heterocycles. The number of pyridine rings is 1. The number of nitrogens with zero attached hydrogens (tertiary/aromatic N) is 3. The molecule has 0 saturated carbocycles. The number of halogens is 1. The summed E-state index contributed by atoms with van der Waals surface area (Å²) in [5, 5.41) is 11.1. The van der Waals surface area contributed by atoms with E-state index in [1.807, 2.05) is 6.07 Å². The quantitative estimate of drug-likeness (QED) is 0.851. The van der Waals surface area contributed by atoms with Crippen LogP contribution in [-0.4, -0.2) is 27.3 Å². The molecule has 0 amide bonds. The van der Waals surface area contributed by atoms with E-state index in [-0.39, 0.29) is 0 Å². The van der Waals surface area contributed by atoms with Crippen LogP contribution in [0.4, 0.5) is 4.39 Å². The van der Waals surface area contributed by atoms with Gasteiger partial charge in [0.2, 0.25) is 5.95 Å². The molecule has 3 unspecified atom stereocenters. The van der Waals surface area contributed by atoms with Gasteiger partial charge in [0.15, 0.2) is 0 Å². The predicted octanol–water partition coefficient (Wildman–Crippen LogP) is 2.29. The van der Waals surface area contributed by atoms with Gasteiger partial charge in [0, 0.05) is 35.3 Å². The Bertz CT molecular complexity index is 631. The van der Waals surface area contributed by atoms with Crippen molar-refractivity contribution < 1.29 is 4.39 Å². The van der Waals surface area contributed by atoms with Gasteiger partial charge in [-0.3, -0.25) is 0 Å². The number of nitrogens with one attached hydrogen (secondary N) is 1. The monoisotopic (exact) mass is 270 g/mol. The topological polar surface area (TPSA) is 50.7 Å². The minimum atomic E-state index is -0.446. The van der Waals surface area contributed by atoms with Gasteiger partial charge in [-0.1, -0.05) is 0 Å². The van der Waals surface area contributed by atoms with Gasteiger partial charge in [0.25, 0.3) is 0 Å². The number of hydrogen-bond acceptors (Lipinski definition) is 4. The summed E-state index contributed by atoms with van der Waals surface area (Å²) < 4.78 is 14.0. The minimum Gasteiger partial charge on any atom is -0.311 e. The van der Waals surface area contributed by atoms with Crippen LogP contribution in [0.3, 0.4) is 0 Å². The van der Waals surface area contributed by atoms with Gasteiger partial charge in [-0.15, -0.1) is 0 Å². The third-order valence-corrected chi connectivity index (χ3v) is 4.48. The van der Waals surface area contributed by atoms with E-state index in [9.17, 15) is 4.39 Å². The van der Waals surface area contributed by atoms with Crippen molar-refractivity contribution in [3.8, 4) is 11.1 Å². The molecule has 0 aromatic carbocycles. The normalized spacial score (nSPS) is 27.9. The fourth-order valence-electron chi connectivity index (χ4n) is 3.51. The molecule has 0 aliphatic carbocycles. The maximum Gasteiger partial charge on any atom is 0.220 e. The number of aromatic nitrogens is 3. The SMILES string of the molecule is Fc1ncc(C2CC3CCC2N3)cc1-c1ccnnc1. The molecule has 4 heterocycles. The Balaban J connectivity index is 1.72. The van der Waals surface area contributed by atoms with Crippen molar-refractivity contribution in [3.05, 3.63) is 42.2 Å². The molecule has 0 spiro atoms. The Labute approximate surface area is 116 Å². The van der Waals surface area contributed by atoms with E-state index in [1.54, 1.807) is 24.7 Å². The molecule has 0 radical (unpaired) electrons. The van der Waals surface area contributed by atoms with Crippen molar-refractivity contribution in [2.75, 3.05) is 0 Å². The van der Waals surface area contributed by atoms with Crippen molar-refractivity contribution in [1.29, 1.82) is 0 Å². The highest BCUT2D eigenvalue weighted by Crippen LogP contribution is 2.40.